The van der Waals surface area contributed by atoms with Crippen molar-refractivity contribution in [3.8, 4) is 12.3 Å². The Kier molecular flexibility index (Phi) is 5.64. The largest absolute Gasteiger partial charge is 0.396 e. The number of hydrogen-bond acceptors (Lipinski definition) is 3. The number of carbonyl (C=O) groups is 1. The summed E-state index contributed by atoms with van der Waals surface area (Å²) in [4.78, 5) is 14.0. The zero-order valence-electron chi connectivity index (χ0n) is 11.4. The number of piperidine rings is 1. The number of aliphatic hydroxyl groups is 1. The van der Waals surface area contributed by atoms with E-state index in [2.05, 4.69) is 23.1 Å². The molecule has 102 valence electrons. The highest BCUT2D eigenvalue weighted by Gasteiger charge is 2.34. The van der Waals surface area contributed by atoms with Crippen LogP contribution in [0.15, 0.2) is 0 Å². The Labute approximate surface area is 110 Å². The summed E-state index contributed by atoms with van der Waals surface area (Å²) in [5.41, 5.74) is 0.0610. The van der Waals surface area contributed by atoms with E-state index < -0.39 is 0 Å². The number of carbonyl (C=O) groups excluding carboxylic acids is 1. The minimum absolute atomic E-state index is 0.0130. The molecule has 1 aliphatic rings. The Morgan fingerprint density at radius 3 is 2.61 bits per heavy atom. The molecule has 0 saturated carbocycles. The lowest BCUT2D eigenvalue weighted by Crippen LogP contribution is -2.50. The predicted octanol–water partition coefficient (Wildman–Crippen LogP) is 0.609. The maximum Gasteiger partial charge on any atom is 0.237 e. The monoisotopic (exact) mass is 252 g/mol. The molecule has 2 N–H and O–H groups in total. The molecule has 0 bridgehead atoms. The van der Waals surface area contributed by atoms with Crippen molar-refractivity contribution in [2.75, 3.05) is 26.2 Å². The van der Waals surface area contributed by atoms with Gasteiger partial charge in [0.15, 0.2) is 0 Å². The zero-order chi connectivity index (χ0) is 13.6. The van der Waals surface area contributed by atoms with Crippen molar-refractivity contribution in [3.05, 3.63) is 0 Å². The van der Waals surface area contributed by atoms with Crippen LogP contribution in [0.5, 0.6) is 0 Å². The zero-order valence-corrected chi connectivity index (χ0v) is 11.4. The molecule has 0 spiro atoms. The molecule has 1 atom stereocenters. The first-order valence-electron chi connectivity index (χ1n) is 6.64. The van der Waals surface area contributed by atoms with E-state index in [-0.39, 0.29) is 30.5 Å². The van der Waals surface area contributed by atoms with E-state index in [9.17, 15) is 9.90 Å². The number of hydrogen-bond donors (Lipinski definition) is 2. The van der Waals surface area contributed by atoms with Gasteiger partial charge in [-0.15, -0.1) is 6.42 Å². The molecule has 1 fully saturated rings. The molecular weight excluding hydrogens is 228 g/mol. The second-order valence-electron chi connectivity index (χ2n) is 5.15. The van der Waals surface area contributed by atoms with Crippen molar-refractivity contribution in [1.29, 1.82) is 0 Å². The summed E-state index contributed by atoms with van der Waals surface area (Å²) >= 11 is 0. The fourth-order valence-corrected chi connectivity index (χ4v) is 2.46. The van der Waals surface area contributed by atoms with Gasteiger partial charge in [-0.3, -0.25) is 9.69 Å². The van der Waals surface area contributed by atoms with Gasteiger partial charge in [0.1, 0.15) is 0 Å². The molecule has 1 rings (SSSR count). The van der Waals surface area contributed by atoms with E-state index in [1.807, 2.05) is 6.92 Å². The summed E-state index contributed by atoms with van der Waals surface area (Å²) in [5, 5.41) is 12.2. The first-order chi connectivity index (χ1) is 8.58. The predicted molar refractivity (Wildman–Crippen MR) is 71.9 cm³/mol. The summed E-state index contributed by atoms with van der Waals surface area (Å²) < 4.78 is 0. The van der Waals surface area contributed by atoms with Gasteiger partial charge in [0.2, 0.25) is 5.91 Å². The Balaban J connectivity index is 2.47. The average molecular weight is 252 g/mol. The Morgan fingerprint density at radius 1 is 1.56 bits per heavy atom. The summed E-state index contributed by atoms with van der Waals surface area (Å²) in [6, 6.07) is -0.146. The molecule has 4 heteroatoms. The number of amides is 1. The number of terminal acetylenes is 1. The maximum atomic E-state index is 11.8. The number of nitrogens with one attached hydrogen (secondary N) is 1. The second kappa shape index (κ2) is 6.77. The average Bonchev–Trinajstić information content (AvgIpc) is 2.44. The maximum absolute atomic E-state index is 11.8. The Morgan fingerprint density at radius 2 is 2.17 bits per heavy atom. The van der Waals surface area contributed by atoms with Gasteiger partial charge in [-0.2, -0.15) is 0 Å². The summed E-state index contributed by atoms with van der Waals surface area (Å²) in [6.45, 7) is 6.28. The standard InChI is InChI=1S/C14H24N2O2/c1-4-8-15-13(18)12(3)16-9-6-14(5-2,11-17)7-10-16/h1,12,17H,5-11H2,2-3H3,(H,15,18). The van der Waals surface area contributed by atoms with E-state index >= 15 is 0 Å². The van der Waals surface area contributed by atoms with Crippen molar-refractivity contribution >= 4 is 5.91 Å². The first kappa shape index (κ1) is 15.0. The van der Waals surface area contributed by atoms with E-state index in [1.54, 1.807) is 0 Å². The summed E-state index contributed by atoms with van der Waals surface area (Å²) in [6.07, 6.45) is 8.02. The van der Waals surface area contributed by atoms with Crippen LogP contribution in [-0.4, -0.2) is 48.2 Å². The van der Waals surface area contributed by atoms with E-state index in [0.29, 0.717) is 0 Å². The molecule has 1 heterocycles. The van der Waals surface area contributed by atoms with Crippen molar-refractivity contribution in [3.63, 3.8) is 0 Å². The van der Waals surface area contributed by atoms with Gasteiger partial charge >= 0.3 is 0 Å². The first-order valence-corrected chi connectivity index (χ1v) is 6.64. The van der Waals surface area contributed by atoms with E-state index in [0.717, 1.165) is 32.4 Å². The topological polar surface area (TPSA) is 52.6 Å². The van der Waals surface area contributed by atoms with Crippen LogP contribution in [0.1, 0.15) is 33.1 Å². The Hall–Kier alpha value is -1.05. The van der Waals surface area contributed by atoms with Crippen molar-refractivity contribution in [1.82, 2.24) is 10.2 Å². The molecule has 1 amide bonds. The summed E-state index contributed by atoms with van der Waals surface area (Å²) in [5.74, 6) is 2.39. The molecule has 18 heavy (non-hydrogen) atoms. The van der Waals surface area contributed by atoms with Crippen LogP contribution < -0.4 is 5.32 Å². The van der Waals surface area contributed by atoms with Gasteiger partial charge in [0.05, 0.1) is 12.6 Å². The quantitative estimate of drug-likeness (QED) is 0.705. The van der Waals surface area contributed by atoms with E-state index in [4.69, 9.17) is 6.42 Å². The highest BCUT2D eigenvalue weighted by Crippen LogP contribution is 2.34. The minimum atomic E-state index is -0.146. The number of likely N-dealkylation sites (tertiary alicyclic amines) is 1. The molecule has 0 aromatic rings. The van der Waals surface area contributed by atoms with Crippen LogP contribution in [0.3, 0.4) is 0 Å². The number of aliphatic hydroxyl groups excluding tert-OH is 1. The summed E-state index contributed by atoms with van der Waals surface area (Å²) in [7, 11) is 0. The minimum Gasteiger partial charge on any atom is -0.396 e. The van der Waals surface area contributed by atoms with Crippen LogP contribution in [0, 0.1) is 17.8 Å². The molecule has 1 aliphatic heterocycles. The molecule has 1 saturated heterocycles. The number of rotatable bonds is 5. The highest BCUT2D eigenvalue weighted by atomic mass is 16.3. The van der Waals surface area contributed by atoms with Crippen LogP contribution in [0.25, 0.3) is 0 Å². The van der Waals surface area contributed by atoms with Crippen LogP contribution in [0.4, 0.5) is 0 Å². The third kappa shape index (κ3) is 3.47. The van der Waals surface area contributed by atoms with Gasteiger partial charge in [0, 0.05) is 6.61 Å². The SMILES string of the molecule is C#CCNC(=O)C(C)N1CCC(CC)(CO)CC1. The second-order valence-corrected chi connectivity index (χ2v) is 5.15. The van der Waals surface area contributed by atoms with Gasteiger partial charge in [0.25, 0.3) is 0 Å². The van der Waals surface area contributed by atoms with Gasteiger partial charge in [-0.25, -0.2) is 0 Å². The van der Waals surface area contributed by atoms with E-state index in [1.165, 1.54) is 0 Å². The molecule has 0 radical (unpaired) electrons. The third-order valence-corrected chi connectivity index (χ3v) is 4.24. The lowest BCUT2D eigenvalue weighted by Gasteiger charge is -2.42. The highest BCUT2D eigenvalue weighted by molar-refractivity contribution is 5.81. The van der Waals surface area contributed by atoms with Crippen LogP contribution >= 0.6 is 0 Å². The van der Waals surface area contributed by atoms with Gasteiger partial charge < -0.3 is 10.4 Å². The fraction of sp³-hybridized carbons (Fsp3) is 0.786. The Bertz CT molecular complexity index is 308. The lowest BCUT2D eigenvalue weighted by atomic mass is 9.76. The lowest BCUT2D eigenvalue weighted by molar-refractivity contribution is -0.126. The molecule has 0 aromatic carbocycles. The third-order valence-electron chi connectivity index (χ3n) is 4.24. The van der Waals surface area contributed by atoms with Crippen LogP contribution in [-0.2, 0) is 4.79 Å². The molecule has 0 aromatic heterocycles. The molecule has 1 unspecified atom stereocenters. The van der Waals surface area contributed by atoms with Gasteiger partial charge in [-0.05, 0) is 44.7 Å². The molecule has 4 nitrogen and oxygen atoms in total. The molecular formula is C14H24N2O2. The fourth-order valence-electron chi connectivity index (χ4n) is 2.46. The van der Waals surface area contributed by atoms with Gasteiger partial charge in [-0.1, -0.05) is 12.8 Å². The normalized spacial score (nSPS) is 21.0. The van der Waals surface area contributed by atoms with Crippen LogP contribution in [0.2, 0.25) is 0 Å². The van der Waals surface area contributed by atoms with Crippen molar-refractivity contribution < 1.29 is 9.90 Å². The number of nitrogens with zero attached hydrogens (tertiary/aromatic N) is 1. The molecule has 0 aliphatic carbocycles. The smallest absolute Gasteiger partial charge is 0.237 e. The van der Waals surface area contributed by atoms with Crippen molar-refractivity contribution in [2.45, 2.75) is 39.2 Å². The van der Waals surface area contributed by atoms with Crippen molar-refractivity contribution in [2.24, 2.45) is 5.41 Å².